The number of hydrogen-bond acceptors (Lipinski definition) is 4. The van der Waals surface area contributed by atoms with Gasteiger partial charge in [0.15, 0.2) is 15.6 Å². The third-order valence-electron chi connectivity index (χ3n) is 2.01. The van der Waals surface area contributed by atoms with Crippen molar-refractivity contribution in [3.05, 3.63) is 35.4 Å². The van der Waals surface area contributed by atoms with Gasteiger partial charge in [-0.1, -0.05) is 29.8 Å². The van der Waals surface area contributed by atoms with Crippen molar-refractivity contribution in [3.63, 3.8) is 0 Å². The summed E-state index contributed by atoms with van der Waals surface area (Å²) < 4.78 is 22.5. The second-order valence-electron chi connectivity index (χ2n) is 3.48. The molecule has 0 atom stereocenters. The van der Waals surface area contributed by atoms with Crippen molar-refractivity contribution in [2.24, 2.45) is 0 Å². The first-order valence-corrected chi connectivity index (χ1v) is 6.44. The first-order valence-electron chi connectivity index (χ1n) is 4.62. The molecule has 0 N–H and O–H groups in total. The first kappa shape index (κ1) is 12.4. The number of carbonyl (C=O) groups is 1. The lowest BCUT2D eigenvalue weighted by atomic mass is 10.1. The van der Waals surface area contributed by atoms with Gasteiger partial charge in [-0.15, -0.1) is 0 Å². The van der Waals surface area contributed by atoms with Crippen LogP contribution in [0.25, 0.3) is 0 Å². The minimum Gasteiger partial charge on any atom is -0.293 e. The third-order valence-corrected chi connectivity index (χ3v) is 3.28. The van der Waals surface area contributed by atoms with Crippen LogP contribution >= 0.6 is 0 Å². The molecule has 16 heavy (non-hydrogen) atoms. The molecule has 0 saturated heterocycles. The predicted octanol–water partition coefficient (Wildman–Crippen LogP) is 1.12. The SMILES string of the molecule is Cc1ccc(C(=O)CS(=O)(=O)CC#N)cc1. The summed E-state index contributed by atoms with van der Waals surface area (Å²) in [5, 5.41) is 8.28. The van der Waals surface area contributed by atoms with Crippen molar-refractivity contribution in [1.82, 2.24) is 0 Å². The molecule has 0 fully saturated rings. The first-order chi connectivity index (χ1) is 7.44. The summed E-state index contributed by atoms with van der Waals surface area (Å²) in [4.78, 5) is 11.6. The number of Topliss-reactive ketones (excluding diaryl/α,β-unsaturated/α-hetero) is 1. The molecule has 1 rings (SSSR count). The standard InChI is InChI=1S/C11H11NO3S/c1-9-2-4-10(5-3-9)11(13)8-16(14,15)7-6-12/h2-5H,7-8H2,1H3. The Morgan fingerprint density at radius 3 is 2.38 bits per heavy atom. The Bertz CT molecular complexity index is 523. The third kappa shape index (κ3) is 3.48. The van der Waals surface area contributed by atoms with E-state index in [9.17, 15) is 13.2 Å². The number of rotatable bonds is 4. The largest absolute Gasteiger partial charge is 0.293 e. The van der Waals surface area contributed by atoms with Crippen molar-refractivity contribution >= 4 is 15.6 Å². The van der Waals surface area contributed by atoms with E-state index in [0.717, 1.165) is 5.56 Å². The average molecular weight is 237 g/mol. The van der Waals surface area contributed by atoms with Gasteiger partial charge in [-0.05, 0) is 6.92 Å². The van der Waals surface area contributed by atoms with E-state index < -0.39 is 27.1 Å². The van der Waals surface area contributed by atoms with Crippen LogP contribution in [0.5, 0.6) is 0 Å². The Hall–Kier alpha value is -1.67. The van der Waals surface area contributed by atoms with Crippen LogP contribution in [0.15, 0.2) is 24.3 Å². The molecular formula is C11H11NO3S. The van der Waals surface area contributed by atoms with E-state index in [1.807, 2.05) is 6.92 Å². The van der Waals surface area contributed by atoms with E-state index in [4.69, 9.17) is 5.26 Å². The van der Waals surface area contributed by atoms with Crippen LogP contribution in [0.3, 0.4) is 0 Å². The summed E-state index contributed by atoms with van der Waals surface area (Å²) in [6.07, 6.45) is 0. The van der Waals surface area contributed by atoms with Gasteiger partial charge in [-0.25, -0.2) is 8.42 Å². The monoisotopic (exact) mass is 237 g/mol. The van der Waals surface area contributed by atoms with Gasteiger partial charge in [0.25, 0.3) is 0 Å². The highest BCUT2D eigenvalue weighted by atomic mass is 32.2. The van der Waals surface area contributed by atoms with Gasteiger partial charge in [-0.3, -0.25) is 4.79 Å². The number of ketones is 1. The smallest absolute Gasteiger partial charge is 0.177 e. The van der Waals surface area contributed by atoms with Gasteiger partial charge in [-0.2, -0.15) is 5.26 Å². The Morgan fingerprint density at radius 2 is 1.88 bits per heavy atom. The zero-order valence-electron chi connectivity index (χ0n) is 8.80. The molecule has 0 bridgehead atoms. The van der Waals surface area contributed by atoms with Crippen molar-refractivity contribution in [3.8, 4) is 6.07 Å². The molecular weight excluding hydrogens is 226 g/mol. The van der Waals surface area contributed by atoms with Crippen molar-refractivity contribution in [2.45, 2.75) is 6.92 Å². The van der Waals surface area contributed by atoms with Gasteiger partial charge >= 0.3 is 0 Å². The number of benzene rings is 1. The lowest BCUT2D eigenvalue weighted by molar-refractivity contribution is 0.102. The molecule has 4 nitrogen and oxygen atoms in total. The fourth-order valence-corrected chi connectivity index (χ4v) is 2.04. The molecule has 0 aliphatic rings. The fraction of sp³-hybridized carbons (Fsp3) is 0.273. The molecule has 0 spiro atoms. The lowest BCUT2D eigenvalue weighted by Gasteiger charge is -2.00. The zero-order valence-corrected chi connectivity index (χ0v) is 9.62. The molecule has 0 heterocycles. The minimum atomic E-state index is -3.60. The average Bonchev–Trinajstić information content (AvgIpc) is 2.17. The van der Waals surface area contributed by atoms with Gasteiger partial charge in [0.05, 0.1) is 6.07 Å². The fourth-order valence-electron chi connectivity index (χ4n) is 1.17. The molecule has 84 valence electrons. The number of carbonyl (C=O) groups excluding carboxylic acids is 1. The molecule has 0 amide bonds. The summed E-state index contributed by atoms with van der Waals surface area (Å²) in [5.41, 5.74) is 1.35. The molecule has 1 aromatic rings. The normalized spacial score (nSPS) is 10.8. The molecule has 0 aliphatic heterocycles. The van der Waals surface area contributed by atoms with E-state index in [1.165, 1.54) is 6.07 Å². The Kier molecular flexibility index (Phi) is 3.80. The zero-order chi connectivity index (χ0) is 12.2. The molecule has 0 radical (unpaired) electrons. The van der Waals surface area contributed by atoms with E-state index in [0.29, 0.717) is 5.56 Å². The molecule has 0 saturated carbocycles. The molecule has 0 aromatic heterocycles. The summed E-state index contributed by atoms with van der Waals surface area (Å²) >= 11 is 0. The summed E-state index contributed by atoms with van der Waals surface area (Å²) in [5.74, 6) is -1.70. The molecule has 5 heteroatoms. The maximum atomic E-state index is 11.6. The Balaban J connectivity index is 2.82. The highest BCUT2D eigenvalue weighted by molar-refractivity contribution is 7.92. The second-order valence-corrected chi connectivity index (χ2v) is 5.54. The summed E-state index contributed by atoms with van der Waals surface area (Å²) in [6, 6.07) is 8.18. The maximum Gasteiger partial charge on any atom is 0.177 e. The summed E-state index contributed by atoms with van der Waals surface area (Å²) in [6.45, 7) is 1.88. The van der Waals surface area contributed by atoms with Crippen LogP contribution < -0.4 is 0 Å². The Morgan fingerprint density at radius 1 is 1.31 bits per heavy atom. The van der Waals surface area contributed by atoms with Gasteiger partial charge < -0.3 is 0 Å². The van der Waals surface area contributed by atoms with E-state index in [2.05, 4.69) is 0 Å². The highest BCUT2D eigenvalue weighted by Crippen LogP contribution is 2.05. The van der Waals surface area contributed by atoms with Crippen LogP contribution in [0.1, 0.15) is 15.9 Å². The lowest BCUT2D eigenvalue weighted by Crippen LogP contribution is -2.18. The minimum absolute atomic E-state index is 0.354. The van der Waals surface area contributed by atoms with Gasteiger partial charge in [0.2, 0.25) is 0 Å². The van der Waals surface area contributed by atoms with E-state index in [-0.39, 0.29) is 0 Å². The second kappa shape index (κ2) is 4.90. The van der Waals surface area contributed by atoms with Gasteiger partial charge in [0.1, 0.15) is 11.5 Å². The summed E-state index contributed by atoms with van der Waals surface area (Å²) in [7, 11) is -3.60. The topological polar surface area (TPSA) is 75.0 Å². The van der Waals surface area contributed by atoms with Crippen LogP contribution in [0, 0.1) is 18.3 Å². The van der Waals surface area contributed by atoms with Crippen LogP contribution in [0.2, 0.25) is 0 Å². The van der Waals surface area contributed by atoms with E-state index >= 15 is 0 Å². The Labute approximate surface area is 94.4 Å². The molecule has 1 aromatic carbocycles. The van der Waals surface area contributed by atoms with Crippen molar-refractivity contribution in [1.29, 1.82) is 5.26 Å². The van der Waals surface area contributed by atoms with Crippen LogP contribution in [-0.4, -0.2) is 25.7 Å². The quantitative estimate of drug-likeness (QED) is 0.735. The molecule has 0 aliphatic carbocycles. The van der Waals surface area contributed by atoms with Crippen molar-refractivity contribution in [2.75, 3.05) is 11.5 Å². The van der Waals surface area contributed by atoms with Crippen molar-refractivity contribution < 1.29 is 13.2 Å². The van der Waals surface area contributed by atoms with E-state index in [1.54, 1.807) is 24.3 Å². The van der Waals surface area contributed by atoms with Crippen LogP contribution in [-0.2, 0) is 9.84 Å². The number of hydrogen-bond donors (Lipinski definition) is 0. The van der Waals surface area contributed by atoms with Crippen LogP contribution in [0.4, 0.5) is 0 Å². The number of sulfone groups is 1. The number of nitriles is 1. The van der Waals surface area contributed by atoms with Gasteiger partial charge in [0, 0.05) is 5.56 Å². The predicted molar refractivity (Wildman–Crippen MR) is 59.8 cm³/mol. The maximum absolute atomic E-state index is 11.6. The highest BCUT2D eigenvalue weighted by Gasteiger charge is 2.17. The molecule has 0 unspecified atom stereocenters. The number of aryl methyl sites for hydroxylation is 1. The number of nitrogens with zero attached hydrogens (tertiary/aromatic N) is 1.